The summed E-state index contributed by atoms with van der Waals surface area (Å²) in [5.41, 5.74) is 1.35. The van der Waals surface area contributed by atoms with Gasteiger partial charge in [-0.3, -0.25) is 0 Å². The van der Waals surface area contributed by atoms with Crippen LogP contribution in [0.1, 0.15) is 0 Å². The minimum absolute atomic E-state index is 0.547. The summed E-state index contributed by atoms with van der Waals surface area (Å²) < 4.78 is 0. The molecule has 2 rings (SSSR count). The lowest BCUT2D eigenvalue weighted by Crippen LogP contribution is -1.82. The van der Waals surface area contributed by atoms with Crippen LogP contribution >= 0.6 is 12.6 Å². The largest absolute Gasteiger partial charge is 0.329 e. The Morgan fingerprint density at radius 1 is 1.50 bits per heavy atom. The Hall–Kier alpha value is -1.10. The highest BCUT2D eigenvalue weighted by atomic mass is 32.1. The molecule has 0 unspecified atom stereocenters. The summed E-state index contributed by atoms with van der Waals surface area (Å²) in [5, 5.41) is 0.547. The summed E-state index contributed by atoms with van der Waals surface area (Å²) in [5.74, 6) is 0. The van der Waals surface area contributed by atoms with E-state index in [1.807, 2.05) is 0 Å². The van der Waals surface area contributed by atoms with Crippen molar-refractivity contribution in [1.82, 2.24) is 19.9 Å². The number of hydrogen-bond acceptors (Lipinski definition) is 4. The van der Waals surface area contributed by atoms with E-state index >= 15 is 0 Å². The molecule has 0 aromatic carbocycles. The van der Waals surface area contributed by atoms with E-state index < -0.39 is 0 Å². The monoisotopic (exact) mass is 151 g/mol. The van der Waals surface area contributed by atoms with Crippen LogP contribution in [0.25, 0.3) is 11.2 Å². The fourth-order valence-electron chi connectivity index (χ4n) is 0.712. The maximum atomic E-state index is 4.05. The third-order valence-electron chi connectivity index (χ3n) is 1.15. The SMILES string of the molecule is Sc1n[c]nc2[nH]cnc12. The maximum Gasteiger partial charge on any atom is 0.201 e. The van der Waals surface area contributed by atoms with Crippen LogP contribution in [0.4, 0.5) is 0 Å². The summed E-state index contributed by atoms with van der Waals surface area (Å²) in [6, 6.07) is 0. The summed E-state index contributed by atoms with van der Waals surface area (Å²) in [4.78, 5) is 14.3. The Balaban J connectivity index is 2.95. The van der Waals surface area contributed by atoms with Crippen molar-refractivity contribution in [2.75, 3.05) is 0 Å². The number of rotatable bonds is 0. The van der Waals surface area contributed by atoms with Gasteiger partial charge in [0.05, 0.1) is 6.33 Å². The van der Waals surface area contributed by atoms with Crippen molar-refractivity contribution in [3.05, 3.63) is 12.7 Å². The predicted molar refractivity (Wildman–Crippen MR) is 37.8 cm³/mol. The molecule has 0 atom stereocenters. The normalized spacial score (nSPS) is 10.5. The van der Waals surface area contributed by atoms with E-state index in [0.717, 1.165) is 0 Å². The highest BCUT2D eigenvalue weighted by Gasteiger charge is 1.99. The molecule has 49 valence electrons. The molecule has 0 bridgehead atoms. The molecular weight excluding hydrogens is 148 g/mol. The number of hydrogen-bond donors (Lipinski definition) is 2. The first-order valence-corrected chi connectivity index (χ1v) is 3.09. The van der Waals surface area contributed by atoms with E-state index in [1.54, 1.807) is 6.33 Å². The molecule has 0 fully saturated rings. The molecule has 0 saturated heterocycles. The fraction of sp³-hybridized carbons (Fsp3) is 0. The predicted octanol–water partition coefficient (Wildman–Crippen LogP) is 0.442. The van der Waals surface area contributed by atoms with Gasteiger partial charge in [-0.2, -0.15) is 0 Å². The van der Waals surface area contributed by atoms with Crippen molar-refractivity contribution in [1.29, 1.82) is 0 Å². The lowest BCUT2D eigenvalue weighted by molar-refractivity contribution is 1.08. The number of imidazole rings is 1. The second kappa shape index (κ2) is 1.95. The molecular formula is C5H3N4S. The zero-order chi connectivity index (χ0) is 6.97. The second-order valence-corrected chi connectivity index (χ2v) is 2.17. The van der Waals surface area contributed by atoms with Gasteiger partial charge in [-0.15, -0.1) is 12.6 Å². The van der Waals surface area contributed by atoms with E-state index in [0.29, 0.717) is 16.2 Å². The number of thiol groups is 1. The standard InChI is InChI=1S/C5H3N4S/c10-5-3-4(7-1-6-3)8-2-9-5/h1H,(H2,6,7,8,9,10). The quantitative estimate of drug-likeness (QED) is 0.424. The first-order chi connectivity index (χ1) is 4.88. The van der Waals surface area contributed by atoms with E-state index in [1.165, 1.54) is 0 Å². The molecule has 0 aliphatic carbocycles. The molecule has 1 radical (unpaired) electrons. The van der Waals surface area contributed by atoms with Gasteiger partial charge in [-0.05, 0) is 0 Å². The first kappa shape index (κ1) is 5.67. The molecule has 2 aromatic rings. The van der Waals surface area contributed by atoms with Crippen LogP contribution in [0, 0.1) is 6.33 Å². The summed E-state index contributed by atoms with van der Waals surface area (Å²) in [6.07, 6.45) is 3.99. The van der Waals surface area contributed by atoms with Gasteiger partial charge < -0.3 is 4.98 Å². The minimum atomic E-state index is 0.547. The van der Waals surface area contributed by atoms with Gasteiger partial charge in [0.1, 0.15) is 10.5 Å². The molecule has 10 heavy (non-hydrogen) atoms. The molecule has 5 heteroatoms. The molecule has 2 aromatic heterocycles. The Morgan fingerprint density at radius 2 is 2.40 bits per heavy atom. The van der Waals surface area contributed by atoms with Crippen molar-refractivity contribution in [2.45, 2.75) is 5.03 Å². The highest BCUT2D eigenvalue weighted by Crippen LogP contribution is 2.11. The van der Waals surface area contributed by atoms with Crippen LogP contribution in [-0.2, 0) is 0 Å². The van der Waals surface area contributed by atoms with Crippen LogP contribution in [0.2, 0.25) is 0 Å². The molecule has 2 heterocycles. The number of nitrogens with zero attached hydrogens (tertiary/aromatic N) is 3. The van der Waals surface area contributed by atoms with Crippen molar-refractivity contribution in [3.63, 3.8) is 0 Å². The average molecular weight is 151 g/mol. The van der Waals surface area contributed by atoms with Crippen LogP contribution < -0.4 is 0 Å². The Kier molecular flexibility index (Phi) is 1.10. The van der Waals surface area contributed by atoms with Crippen LogP contribution in [0.5, 0.6) is 0 Å². The van der Waals surface area contributed by atoms with Gasteiger partial charge in [0.15, 0.2) is 5.65 Å². The minimum Gasteiger partial charge on any atom is -0.329 e. The molecule has 0 amide bonds. The summed E-state index contributed by atoms with van der Waals surface area (Å²) in [7, 11) is 0. The third kappa shape index (κ3) is 0.672. The van der Waals surface area contributed by atoms with Gasteiger partial charge in [-0.1, -0.05) is 0 Å². The zero-order valence-corrected chi connectivity index (χ0v) is 5.76. The highest BCUT2D eigenvalue weighted by molar-refractivity contribution is 7.80. The summed E-state index contributed by atoms with van der Waals surface area (Å²) in [6.45, 7) is 0. The first-order valence-electron chi connectivity index (χ1n) is 2.64. The van der Waals surface area contributed by atoms with Crippen LogP contribution in [0.3, 0.4) is 0 Å². The van der Waals surface area contributed by atoms with E-state index in [4.69, 9.17) is 0 Å². The fourth-order valence-corrected chi connectivity index (χ4v) is 0.920. The number of nitrogens with one attached hydrogen (secondary N) is 1. The third-order valence-corrected chi connectivity index (χ3v) is 1.46. The van der Waals surface area contributed by atoms with Gasteiger partial charge in [0.2, 0.25) is 6.33 Å². The molecule has 1 N–H and O–H groups in total. The van der Waals surface area contributed by atoms with Gasteiger partial charge >= 0.3 is 0 Å². The number of fused-ring (bicyclic) bond motifs is 1. The van der Waals surface area contributed by atoms with E-state index in [9.17, 15) is 0 Å². The number of aromatic amines is 1. The van der Waals surface area contributed by atoms with Crippen molar-refractivity contribution >= 4 is 23.8 Å². The van der Waals surface area contributed by atoms with Gasteiger partial charge in [0.25, 0.3) is 0 Å². The van der Waals surface area contributed by atoms with E-state index in [-0.39, 0.29) is 0 Å². The molecule has 0 spiro atoms. The van der Waals surface area contributed by atoms with Crippen LogP contribution in [-0.4, -0.2) is 19.9 Å². The molecule has 0 aliphatic heterocycles. The van der Waals surface area contributed by atoms with Crippen molar-refractivity contribution in [2.24, 2.45) is 0 Å². The van der Waals surface area contributed by atoms with Crippen molar-refractivity contribution < 1.29 is 0 Å². The molecule has 0 aliphatic rings. The van der Waals surface area contributed by atoms with Crippen molar-refractivity contribution in [3.8, 4) is 0 Å². The molecule has 0 saturated carbocycles. The maximum absolute atomic E-state index is 4.05. The van der Waals surface area contributed by atoms with Crippen LogP contribution in [0.15, 0.2) is 11.4 Å². The number of aromatic nitrogens is 4. The number of H-pyrrole nitrogens is 1. The topological polar surface area (TPSA) is 54.5 Å². The Labute approximate surface area is 62.1 Å². The smallest absolute Gasteiger partial charge is 0.201 e. The molecule has 4 nitrogen and oxygen atoms in total. The lowest BCUT2D eigenvalue weighted by atomic mass is 10.6. The zero-order valence-electron chi connectivity index (χ0n) is 4.87. The van der Waals surface area contributed by atoms with Gasteiger partial charge in [0, 0.05) is 0 Å². The average Bonchev–Trinajstić information content (AvgIpc) is 2.36. The lowest BCUT2D eigenvalue weighted by Gasteiger charge is -1.86. The second-order valence-electron chi connectivity index (χ2n) is 1.75. The van der Waals surface area contributed by atoms with Gasteiger partial charge in [-0.25, -0.2) is 15.0 Å². The Bertz CT molecular complexity index is 355. The van der Waals surface area contributed by atoms with E-state index in [2.05, 4.69) is 38.9 Å². The summed E-state index contributed by atoms with van der Waals surface area (Å²) >= 11 is 4.05. The Morgan fingerprint density at radius 3 is 3.20 bits per heavy atom.